The molecule has 3 nitrogen and oxygen atoms in total. The summed E-state index contributed by atoms with van der Waals surface area (Å²) >= 11 is 2.44. The number of likely N-dealkylation sites (tertiary alicyclic amines) is 1. The number of carbonyl (C=O) groups excluding carboxylic acids is 1. The minimum Gasteiger partial charge on any atom is -0.444 e. The molecule has 0 radical (unpaired) electrons. The molecule has 16 heavy (non-hydrogen) atoms. The van der Waals surface area contributed by atoms with Crippen molar-refractivity contribution in [3.63, 3.8) is 0 Å². The Bertz CT molecular complexity index is 252. The van der Waals surface area contributed by atoms with Gasteiger partial charge in [0.15, 0.2) is 0 Å². The maximum Gasteiger partial charge on any atom is 0.410 e. The fourth-order valence-corrected chi connectivity index (χ4v) is 2.45. The Hall–Kier alpha value is 0. The van der Waals surface area contributed by atoms with Gasteiger partial charge in [-0.05, 0) is 39.0 Å². The van der Waals surface area contributed by atoms with Crippen molar-refractivity contribution >= 4 is 28.7 Å². The summed E-state index contributed by atoms with van der Waals surface area (Å²) < 4.78 is 6.52. The number of amides is 1. The highest BCUT2D eigenvalue weighted by Gasteiger charge is 2.32. The van der Waals surface area contributed by atoms with Gasteiger partial charge in [-0.2, -0.15) is 0 Å². The Kier molecular flexibility index (Phi) is 4.49. The lowest BCUT2D eigenvalue weighted by molar-refractivity contribution is 0.0141. The van der Waals surface area contributed by atoms with E-state index in [9.17, 15) is 4.79 Å². The van der Waals surface area contributed by atoms with Crippen molar-refractivity contribution in [2.75, 3.05) is 17.5 Å². The molecule has 1 aliphatic rings. The molecular formula is C12H22INO2. The molecule has 0 unspecified atom stereocenters. The smallest absolute Gasteiger partial charge is 0.410 e. The second kappa shape index (κ2) is 5.10. The second-order valence-corrected chi connectivity index (χ2v) is 6.67. The van der Waals surface area contributed by atoms with Gasteiger partial charge in [0.1, 0.15) is 5.60 Å². The van der Waals surface area contributed by atoms with E-state index in [0.29, 0.717) is 5.41 Å². The van der Waals surface area contributed by atoms with Crippen molar-refractivity contribution in [2.24, 2.45) is 5.41 Å². The van der Waals surface area contributed by atoms with Crippen molar-refractivity contribution in [2.45, 2.75) is 46.1 Å². The SMILES string of the molecule is CC1(CI)CCN(C(=O)OC(C)(C)C)CC1. The van der Waals surface area contributed by atoms with Crippen molar-refractivity contribution in [1.82, 2.24) is 4.90 Å². The largest absolute Gasteiger partial charge is 0.444 e. The van der Waals surface area contributed by atoms with Crippen LogP contribution in [0.1, 0.15) is 40.5 Å². The van der Waals surface area contributed by atoms with Crippen LogP contribution in [0, 0.1) is 5.41 Å². The molecule has 1 fully saturated rings. The molecule has 0 aromatic heterocycles. The summed E-state index contributed by atoms with van der Waals surface area (Å²) in [4.78, 5) is 13.6. The molecule has 0 saturated carbocycles. The lowest BCUT2D eigenvalue weighted by atomic mass is 9.83. The molecule has 0 N–H and O–H groups in total. The Morgan fingerprint density at radius 1 is 1.38 bits per heavy atom. The number of ether oxygens (including phenoxy) is 1. The van der Waals surface area contributed by atoms with Gasteiger partial charge in [0.25, 0.3) is 0 Å². The molecule has 0 aliphatic carbocycles. The first-order chi connectivity index (χ1) is 7.26. The molecule has 0 aromatic rings. The minimum absolute atomic E-state index is 0.164. The number of hydrogen-bond donors (Lipinski definition) is 0. The van der Waals surface area contributed by atoms with E-state index in [1.165, 1.54) is 0 Å². The van der Waals surface area contributed by atoms with E-state index in [1.54, 1.807) is 0 Å². The van der Waals surface area contributed by atoms with Gasteiger partial charge in [0.05, 0.1) is 0 Å². The van der Waals surface area contributed by atoms with Crippen molar-refractivity contribution in [3.8, 4) is 0 Å². The van der Waals surface area contributed by atoms with Crippen LogP contribution in [-0.2, 0) is 4.74 Å². The third-order valence-corrected chi connectivity index (χ3v) is 4.79. The Labute approximate surface area is 112 Å². The van der Waals surface area contributed by atoms with Gasteiger partial charge in [-0.25, -0.2) is 4.79 Å². The van der Waals surface area contributed by atoms with Crippen LogP contribution in [0.15, 0.2) is 0 Å². The first kappa shape index (κ1) is 14.1. The number of carbonyl (C=O) groups is 1. The summed E-state index contributed by atoms with van der Waals surface area (Å²) in [7, 11) is 0. The van der Waals surface area contributed by atoms with Crippen molar-refractivity contribution in [1.29, 1.82) is 0 Å². The summed E-state index contributed by atoms with van der Waals surface area (Å²) in [5.74, 6) is 0. The molecule has 1 heterocycles. The monoisotopic (exact) mass is 339 g/mol. The van der Waals surface area contributed by atoms with E-state index in [2.05, 4.69) is 29.5 Å². The Balaban J connectivity index is 2.45. The number of alkyl halides is 1. The summed E-state index contributed by atoms with van der Waals surface area (Å²) in [6, 6.07) is 0. The standard InChI is InChI=1S/C12H22INO2/c1-11(2,3)16-10(15)14-7-5-12(4,9-13)6-8-14/h5-9H2,1-4H3. The minimum atomic E-state index is -0.388. The van der Waals surface area contributed by atoms with E-state index in [1.807, 2.05) is 25.7 Å². The maximum absolute atomic E-state index is 11.8. The van der Waals surface area contributed by atoms with Gasteiger partial charge in [-0.15, -0.1) is 0 Å². The molecule has 0 spiro atoms. The van der Waals surface area contributed by atoms with Crippen LogP contribution in [0.2, 0.25) is 0 Å². The number of piperidine rings is 1. The quantitative estimate of drug-likeness (QED) is 0.541. The Morgan fingerprint density at radius 3 is 2.25 bits per heavy atom. The van der Waals surface area contributed by atoms with E-state index in [0.717, 1.165) is 30.4 Å². The van der Waals surface area contributed by atoms with E-state index in [-0.39, 0.29) is 11.7 Å². The maximum atomic E-state index is 11.8. The first-order valence-corrected chi connectivity index (χ1v) is 7.32. The van der Waals surface area contributed by atoms with Crippen molar-refractivity contribution < 1.29 is 9.53 Å². The normalized spacial score (nSPS) is 20.7. The molecule has 0 bridgehead atoms. The molecule has 0 aromatic carbocycles. The zero-order chi connectivity index (χ0) is 12.4. The fraction of sp³-hybridized carbons (Fsp3) is 0.917. The average Bonchev–Trinajstić information content (AvgIpc) is 2.16. The first-order valence-electron chi connectivity index (χ1n) is 5.80. The third kappa shape index (κ3) is 4.11. The predicted molar refractivity (Wildman–Crippen MR) is 74.0 cm³/mol. The number of hydrogen-bond acceptors (Lipinski definition) is 2. The molecule has 4 heteroatoms. The van der Waals surface area contributed by atoms with Crippen LogP contribution in [0.3, 0.4) is 0 Å². The van der Waals surface area contributed by atoms with E-state index < -0.39 is 0 Å². The van der Waals surface area contributed by atoms with Crippen LogP contribution >= 0.6 is 22.6 Å². The number of nitrogens with zero attached hydrogens (tertiary/aromatic N) is 1. The molecule has 1 saturated heterocycles. The van der Waals surface area contributed by atoms with Crippen LogP contribution in [0.25, 0.3) is 0 Å². The predicted octanol–water partition coefficient (Wildman–Crippen LogP) is 3.46. The number of rotatable bonds is 1. The number of halogens is 1. The Morgan fingerprint density at radius 2 is 1.88 bits per heavy atom. The molecular weight excluding hydrogens is 317 g/mol. The van der Waals surface area contributed by atoms with E-state index in [4.69, 9.17) is 4.74 Å². The highest BCUT2D eigenvalue weighted by Crippen LogP contribution is 2.33. The van der Waals surface area contributed by atoms with Gasteiger partial charge >= 0.3 is 6.09 Å². The van der Waals surface area contributed by atoms with Crippen LogP contribution in [0.5, 0.6) is 0 Å². The topological polar surface area (TPSA) is 29.5 Å². The van der Waals surface area contributed by atoms with Crippen LogP contribution in [-0.4, -0.2) is 34.1 Å². The third-order valence-electron chi connectivity index (χ3n) is 2.94. The lowest BCUT2D eigenvalue weighted by Crippen LogP contribution is -2.44. The lowest BCUT2D eigenvalue weighted by Gasteiger charge is -2.38. The zero-order valence-corrected chi connectivity index (χ0v) is 12.8. The molecule has 1 amide bonds. The highest BCUT2D eigenvalue weighted by molar-refractivity contribution is 14.1. The summed E-state index contributed by atoms with van der Waals surface area (Å²) in [5.41, 5.74) is 0.0141. The molecule has 1 rings (SSSR count). The average molecular weight is 339 g/mol. The zero-order valence-electron chi connectivity index (χ0n) is 10.7. The van der Waals surface area contributed by atoms with Gasteiger partial charge in [0, 0.05) is 17.5 Å². The summed E-state index contributed by atoms with van der Waals surface area (Å²) in [6.07, 6.45) is 1.99. The fourth-order valence-electron chi connectivity index (χ4n) is 1.69. The second-order valence-electron chi connectivity index (χ2n) is 5.91. The highest BCUT2D eigenvalue weighted by atomic mass is 127. The van der Waals surface area contributed by atoms with Crippen LogP contribution < -0.4 is 0 Å². The van der Waals surface area contributed by atoms with Gasteiger partial charge < -0.3 is 9.64 Å². The van der Waals surface area contributed by atoms with E-state index >= 15 is 0 Å². The summed E-state index contributed by atoms with van der Waals surface area (Å²) in [5, 5.41) is 0. The molecule has 94 valence electrons. The summed E-state index contributed by atoms with van der Waals surface area (Å²) in [6.45, 7) is 9.67. The van der Waals surface area contributed by atoms with Gasteiger partial charge in [-0.1, -0.05) is 29.5 Å². The molecule has 0 atom stereocenters. The van der Waals surface area contributed by atoms with Gasteiger partial charge in [-0.3, -0.25) is 0 Å². The molecule has 1 aliphatic heterocycles. The van der Waals surface area contributed by atoms with Crippen molar-refractivity contribution in [3.05, 3.63) is 0 Å². The van der Waals surface area contributed by atoms with Crippen LogP contribution in [0.4, 0.5) is 4.79 Å². The van der Waals surface area contributed by atoms with Gasteiger partial charge in [0.2, 0.25) is 0 Å².